The summed E-state index contributed by atoms with van der Waals surface area (Å²) in [5.41, 5.74) is 3.11. The molecule has 0 spiro atoms. The van der Waals surface area contributed by atoms with E-state index >= 15 is 0 Å². The minimum Gasteiger partial charge on any atom is -0.497 e. The molecule has 1 fully saturated rings. The highest BCUT2D eigenvalue weighted by Gasteiger charge is 2.30. The molecule has 0 N–H and O–H groups in total. The van der Waals surface area contributed by atoms with Gasteiger partial charge in [-0.2, -0.15) is 5.10 Å². The number of hydrogen-bond acceptors (Lipinski definition) is 6. The normalized spacial score (nSPS) is 15.3. The van der Waals surface area contributed by atoms with Crippen LogP contribution in [0.4, 0.5) is 0 Å². The minimum atomic E-state index is -0.437. The zero-order valence-corrected chi connectivity index (χ0v) is 19.9. The van der Waals surface area contributed by atoms with Gasteiger partial charge in [0, 0.05) is 56.1 Å². The lowest BCUT2D eigenvalue weighted by atomic mass is 10.1. The van der Waals surface area contributed by atoms with Gasteiger partial charge in [0.2, 0.25) is 0 Å². The summed E-state index contributed by atoms with van der Waals surface area (Å²) in [7, 11) is 1.67. The highest BCUT2D eigenvalue weighted by atomic mass is 32.1. The van der Waals surface area contributed by atoms with Crippen LogP contribution in [0.2, 0.25) is 0 Å². The fraction of sp³-hybridized carbons (Fsp3) is 0.269. The smallest absolute Gasteiger partial charge is 0.252 e. The summed E-state index contributed by atoms with van der Waals surface area (Å²) in [5.74, 6) is 0.931. The van der Waals surface area contributed by atoms with E-state index in [0.717, 1.165) is 47.2 Å². The molecule has 0 saturated carbocycles. The Labute approximate surface area is 203 Å². The highest BCUT2D eigenvalue weighted by Crippen LogP contribution is 2.27. The maximum atomic E-state index is 13.5. The molecule has 4 aromatic rings. The zero-order valence-electron chi connectivity index (χ0n) is 19.1. The van der Waals surface area contributed by atoms with Crippen molar-refractivity contribution in [3.05, 3.63) is 89.7 Å². The van der Waals surface area contributed by atoms with Crippen LogP contribution < -0.4 is 4.74 Å². The molecular weight excluding hydrogens is 446 g/mol. The number of thiazole rings is 1. The van der Waals surface area contributed by atoms with Crippen molar-refractivity contribution < 1.29 is 9.53 Å². The third-order valence-corrected chi connectivity index (χ3v) is 7.04. The second-order valence-electron chi connectivity index (χ2n) is 8.27. The molecule has 0 radical (unpaired) electrons. The van der Waals surface area contributed by atoms with Crippen LogP contribution in [0.1, 0.15) is 17.3 Å². The van der Waals surface area contributed by atoms with Crippen LogP contribution in [0.25, 0.3) is 10.6 Å². The van der Waals surface area contributed by atoms with Gasteiger partial charge in [0.25, 0.3) is 5.91 Å². The number of carbonyl (C=O) groups excluding carboxylic acids is 1. The van der Waals surface area contributed by atoms with Gasteiger partial charge >= 0.3 is 0 Å². The van der Waals surface area contributed by atoms with Crippen molar-refractivity contribution in [1.82, 2.24) is 24.6 Å². The van der Waals surface area contributed by atoms with Gasteiger partial charge < -0.3 is 9.64 Å². The number of methoxy groups -OCH3 is 1. The number of hydrogen-bond donors (Lipinski definition) is 0. The second kappa shape index (κ2) is 10.2. The molecule has 8 heteroatoms. The number of benzene rings is 2. The van der Waals surface area contributed by atoms with Crippen LogP contribution in [0, 0.1) is 0 Å². The molecule has 1 aliphatic heterocycles. The molecule has 1 amide bonds. The maximum absolute atomic E-state index is 13.5. The topological polar surface area (TPSA) is 63.5 Å². The third-order valence-electron chi connectivity index (χ3n) is 6.10. The number of carbonyl (C=O) groups is 1. The number of piperazine rings is 1. The molecule has 0 bridgehead atoms. The molecule has 7 nitrogen and oxygen atoms in total. The van der Waals surface area contributed by atoms with Crippen molar-refractivity contribution in [1.29, 1.82) is 0 Å². The van der Waals surface area contributed by atoms with Crippen LogP contribution in [0.15, 0.2) is 78.4 Å². The Kier molecular flexibility index (Phi) is 6.69. The first-order chi connectivity index (χ1) is 16.7. The number of amides is 1. The zero-order chi connectivity index (χ0) is 23.3. The Morgan fingerprint density at radius 3 is 2.47 bits per heavy atom. The first-order valence-corrected chi connectivity index (χ1v) is 12.2. The quantitative estimate of drug-likeness (QED) is 0.407. The van der Waals surface area contributed by atoms with Gasteiger partial charge in [-0.25, -0.2) is 4.98 Å². The van der Waals surface area contributed by atoms with Crippen molar-refractivity contribution in [3.8, 4) is 16.3 Å². The van der Waals surface area contributed by atoms with Gasteiger partial charge in [-0.05, 0) is 35.9 Å². The van der Waals surface area contributed by atoms with E-state index in [0.29, 0.717) is 13.1 Å². The third kappa shape index (κ3) is 4.88. The summed E-state index contributed by atoms with van der Waals surface area (Å²) in [5, 5.41) is 7.50. The Morgan fingerprint density at radius 1 is 1.03 bits per heavy atom. The van der Waals surface area contributed by atoms with E-state index < -0.39 is 6.04 Å². The summed E-state index contributed by atoms with van der Waals surface area (Å²) in [6.07, 6.45) is 3.57. The van der Waals surface area contributed by atoms with Crippen LogP contribution in [0.3, 0.4) is 0 Å². The number of ether oxygens (including phenoxy) is 1. The molecule has 1 unspecified atom stereocenters. The van der Waals surface area contributed by atoms with E-state index in [1.54, 1.807) is 29.3 Å². The number of rotatable bonds is 7. The lowest BCUT2D eigenvalue weighted by Crippen LogP contribution is -2.50. The number of nitrogens with zero attached hydrogens (tertiary/aromatic N) is 5. The average Bonchev–Trinajstić information content (AvgIpc) is 3.58. The van der Waals surface area contributed by atoms with Gasteiger partial charge in [-0.15, -0.1) is 11.3 Å². The molecule has 174 valence electrons. The average molecular weight is 474 g/mol. The molecule has 2 aromatic heterocycles. The Hall–Kier alpha value is -3.49. The van der Waals surface area contributed by atoms with Crippen molar-refractivity contribution in [2.24, 2.45) is 0 Å². The van der Waals surface area contributed by atoms with E-state index in [4.69, 9.17) is 9.72 Å². The van der Waals surface area contributed by atoms with Crippen LogP contribution in [-0.2, 0) is 11.3 Å². The van der Waals surface area contributed by atoms with Crippen LogP contribution in [0.5, 0.6) is 5.75 Å². The first-order valence-electron chi connectivity index (χ1n) is 11.4. The molecule has 1 saturated heterocycles. The molecular formula is C26H27N5O2S. The van der Waals surface area contributed by atoms with Gasteiger partial charge in [-0.3, -0.25) is 14.4 Å². The van der Waals surface area contributed by atoms with Crippen molar-refractivity contribution in [2.75, 3.05) is 33.3 Å². The largest absolute Gasteiger partial charge is 0.497 e. The second-order valence-corrected chi connectivity index (χ2v) is 9.13. The van der Waals surface area contributed by atoms with Crippen LogP contribution >= 0.6 is 11.3 Å². The highest BCUT2D eigenvalue weighted by molar-refractivity contribution is 7.13. The van der Waals surface area contributed by atoms with E-state index in [-0.39, 0.29) is 5.91 Å². The van der Waals surface area contributed by atoms with Crippen LogP contribution in [-0.4, -0.2) is 63.8 Å². The summed E-state index contributed by atoms with van der Waals surface area (Å²) in [6.45, 7) is 3.82. The van der Waals surface area contributed by atoms with Gasteiger partial charge in [-0.1, -0.05) is 30.3 Å². The predicted molar refractivity (Wildman–Crippen MR) is 133 cm³/mol. The van der Waals surface area contributed by atoms with Gasteiger partial charge in [0.15, 0.2) is 6.04 Å². The fourth-order valence-corrected chi connectivity index (χ4v) is 5.07. The summed E-state index contributed by atoms with van der Waals surface area (Å²) >= 11 is 1.66. The molecule has 1 aliphatic rings. The Balaban J connectivity index is 1.21. The molecule has 5 rings (SSSR count). The molecule has 0 aliphatic carbocycles. The Morgan fingerprint density at radius 2 is 1.79 bits per heavy atom. The van der Waals surface area contributed by atoms with Crippen molar-refractivity contribution in [3.63, 3.8) is 0 Å². The lowest BCUT2D eigenvalue weighted by Gasteiger charge is -2.36. The number of aromatic nitrogens is 3. The van der Waals surface area contributed by atoms with E-state index in [1.807, 2.05) is 71.8 Å². The molecule has 2 aromatic carbocycles. The minimum absolute atomic E-state index is 0.0880. The lowest BCUT2D eigenvalue weighted by molar-refractivity contribution is -0.135. The summed E-state index contributed by atoms with van der Waals surface area (Å²) in [4.78, 5) is 22.6. The summed E-state index contributed by atoms with van der Waals surface area (Å²) in [6, 6.07) is 19.3. The predicted octanol–water partition coefficient (Wildman–Crippen LogP) is 3.95. The molecule has 1 atom stereocenters. The van der Waals surface area contributed by atoms with Crippen molar-refractivity contribution in [2.45, 2.75) is 12.6 Å². The fourth-order valence-electron chi connectivity index (χ4n) is 4.25. The maximum Gasteiger partial charge on any atom is 0.252 e. The SMILES string of the molecule is COc1ccc(-c2nc(CN3CCN(C(=O)C(c4ccccc4)n4cccn4)CC3)cs2)cc1. The van der Waals surface area contributed by atoms with Gasteiger partial charge in [0.1, 0.15) is 10.8 Å². The summed E-state index contributed by atoms with van der Waals surface area (Å²) < 4.78 is 6.99. The monoisotopic (exact) mass is 473 g/mol. The van der Waals surface area contributed by atoms with E-state index in [2.05, 4.69) is 15.4 Å². The standard InChI is InChI=1S/C26H27N5O2S/c1-33-23-10-8-21(9-11-23)25-28-22(19-34-25)18-29-14-16-30(17-15-29)26(32)24(31-13-5-12-27-31)20-6-3-2-4-7-20/h2-13,19,24H,14-18H2,1H3. The van der Waals surface area contributed by atoms with E-state index in [9.17, 15) is 4.79 Å². The first kappa shape index (κ1) is 22.3. The van der Waals surface area contributed by atoms with Crippen molar-refractivity contribution >= 4 is 17.2 Å². The molecule has 34 heavy (non-hydrogen) atoms. The van der Waals surface area contributed by atoms with E-state index in [1.165, 1.54) is 0 Å². The van der Waals surface area contributed by atoms with Gasteiger partial charge in [0.05, 0.1) is 12.8 Å². The molecule has 3 heterocycles. The Bertz CT molecular complexity index is 1200.